The molecule has 3 heterocycles. The Morgan fingerprint density at radius 1 is 1.17 bits per heavy atom. The number of amides is 1. The zero-order valence-corrected chi connectivity index (χ0v) is 20.2. The summed E-state index contributed by atoms with van der Waals surface area (Å²) in [6.07, 6.45) is 1.46. The Hall–Kier alpha value is -4.34. The van der Waals surface area contributed by atoms with Crippen LogP contribution in [-0.2, 0) is 24.4 Å². The summed E-state index contributed by atoms with van der Waals surface area (Å²) < 4.78 is 21.6. The van der Waals surface area contributed by atoms with Crippen molar-refractivity contribution in [1.82, 2.24) is 29.6 Å². The van der Waals surface area contributed by atoms with E-state index in [-0.39, 0.29) is 42.8 Å². The van der Waals surface area contributed by atoms with E-state index in [9.17, 15) is 14.0 Å². The maximum atomic E-state index is 13.6. The fraction of sp³-hybridized carbons (Fsp3) is 0.269. The standard InChI is InChI=1S/C26H25FN6O3/c1-15(2)25-30-22(36-31-25)13-32-14-29-23-19-10-16(3)4-9-20(19)33(24(23)26(32)35)12-21(34)28-11-17-5-7-18(27)8-6-17/h4-10,14-15H,11-13H2,1-3H3,(H,28,34). The highest BCUT2D eigenvalue weighted by Gasteiger charge is 2.20. The number of aryl methyl sites for hydroxylation is 1. The lowest BCUT2D eigenvalue weighted by molar-refractivity contribution is -0.121. The molecule has 36 heavy (non-hydrogen) atoms. The van der Waals surface area contributed by atoms with Crippen LogP contribution in [0.15, 0.2) is 58.1 Å². The average molecular weight is 489 g/mol. The number of nitrogens with one attached hydrogen (secondary N) is 1. The molecule has 1 amide bonds. The van der Waals surface area contributed by atoms with Crippen molar-refractivity contribution >= 4 is 27.8 Å². The molecule has 0 atom stereocenters. The summed E-state index contributed by atoms with van der Waals surface area (Å²) in [7, 11) is 0. The molecule has 9 nitrogen and oxygen atoms in total. The predicted octanol–water partition coefficient (Wildman–Crippen LogP) is 3.67. The molecule has 0 aliphatic rings. The molecule has 0 unspecified atom stereocenters. The SMILES string of the molecule is Cc1ccc2c(c1)c1ncn(Cc3nc(C(C)C)no3)c(=O)c1n2CC(=O)NCc1ccc(F)cc1. The van der Waals surface area contributed by atoms with E-state index in [1.807, 2.05) is 39.0 Å². The first-order valence-corrected chi connectivity index (χ1v) is 11.6. The van der Waals surface area contributed by atoms with E-state index in [2.05, 4.69) is 20.4 Å². The van der Waals surface area contributed by atoms with Gasteiger partial charge >= 0.3 is 0 Å². The Morgan fingerprint density at radius 3 is 2.67 bits per heavy atom. The molecule has 0 saturated heterocycles. The Kier molecular flexibility index (Phi) is 6.09. The summed E-state index contributed by atoms with van der Waals surface area (Å²) in [5.74, 6) is 0.341. The molecule has 0 spiro atoms. The quantitative estimate of drug-likeness (QED) is 0.375. The minimum absolute atomic E-state index is 0.0683. The number of benzene rings is 2. The van der Waals surface area contributed by atoms with E-state index in [1.165, 1.54) is 23.0 Å². The third kappa shape index (κ3) is 4.49. The summed E-state index contributed by atoms with van der Waals surface area (Å²) >= 11 is 0. The molecule has 0 aliphatic heterocycles. The lowest BCUT2D eigenvalue weighted by Crippen LogP contribution is -2.29. The lowest BCUT2D eigenvalue weighted by Gasteiger charge is -2.09. The van der Waals surface area contributed by atoms with Crippen molar-refractivity contribution in [3.63, 3.8) is 0 Å². The van der Waals surface area contributed by atoms with Crippen LogP contribution < -0.4 is 10.9 Å². The largest absolute Gasteiger partial charge is 0.350 e. The second kappa shape index (κ2) is 9.37. The van der Waals surface area contributed by atoms with Crippen molar-refractivity contribution < 1.29 is 13.7 Å². The van der Waals surface area contributed by atoms with Crippen LogP contribution in [0.25, 0.3) is 21.9 Å². The topological polar surface area (TPSA) is 108 Å². The van der Waals surface area contributed by atoms with Gasteiger partial charge in [0, 0.05) is 17.8 Å². The molecule has 1 N–H and O–H groups in total. The molecule has 0 bridgehead atoms. The number of nitrogens with zero attached hydrogens (tertiary/aromatic N) is 5. The van der Waals surface area contributed by atoms with Gasteiger partial charge in [-0.15, -0.1) is 0 Å². The minimum atomic E-state index is -0.338. The minimum Gasteiger partial charge on any atom is -0.350 e. The molecule has 0 radical (unpaired) electrons. The maximum Gasteiger partial charge on any atom is 0.278 e. The van der Waals surface area contributed by atoms with E-state index in [1.54, 1.807) is 16.7 Å². The second-order valence-electron chi connectivity index (χ2n) is 9.09. The Morgan fingerprint density at radius 2 is 1.94 bits per heavy atom. The van der Waals surface area contributed by atoms with Gasteiger partial charge in [-0.3, -0.25) is 14.2 Å². The van der Waals surface area contributed by atoms with Gasteiger partial charge in [-0.1, -0.05) is 42.8 Å². The Balaban J connectivity index is 1.51. The van der Waals surface area contributed by atoms with Gasteiger partial charge in [-0.25, -0.2) is 9.37 Å². The second-order valence-corrected chi connectivity index (χ2v) is 9.09. The fourth-order valence-corrected chi connectivity index (χ4v) is 4.11. The molecule has 5 rings (SSSR count). The molecule has 184 valence electrons. The highest BCUT2D eigenvalue weighted by Crippen LogP contribution is 2.26. The van der Waals surface area contributed by atoms with Crippen LogP contribution in [0, 0.1) is 12.7 Å². The van der Waals surface area contributed by atoms with Crippen LogP contribution in [0.4, 0.5) is 4.39 Å². The number of fused-ring (bicyclic) bond motifs is 3. The van der Waals surface area contributed by atoms with Crippen LogP contribution in [-0.4, -0.2) is 30.2 Å². The number of hydrogen-bond acceptors (Lipinski definition) is 6. The molecular formula is C26H25FN6O3. The molecule has 0 saturated carbocycles. The summed E-state index contributed by atoms with van der Waals surface area (Å²) in [5, 5.41) is 7.59. The van der Waals surface area contributed by atoms with Crippen LogP contribution in [0.5, 0.6) is 0 Å². The number of aromatic nitrogens is 5. The van der Waals surface area contributed by atoms with E-state index in [0.717, 1.165) is 22.0 Å². The van der Waals surface area contributed by atoms with Crippen molar-refractivity contribution in [2.45, 2.75) is 46.3 Å². The van der Waals surface area contributed by atoms with E-state index in [0.29, 0.717) is 22.7 Å². The zero-order valence-electron chi connectivity index (χ0n) is 20.2. The summed E-state index contributed by atoms with van der Waals surface area (Å²) in [6, 6.07) is 11.7. The van der Waals surface area contributed by atoms with Gasteiger partial charge in [0.2, 0.25) is 11.8 Å². The Labute approximate surface area is 205 Å². The van der Waals surface area contributed by atoms with Crippen LogP contribution in [0.1, 0.15) is 42.6 Å². The molecule has 10 heteroatoms. The monoisotopic (exact) mass is 488 g/mol. The number of rotatable bonds is 7. The van der Waals surface area contributed by atoms with Crippen molar-refractivity contribution in [2.75, 3.05) is 0 Å². The summed E-state index contributed by atoms with van der Waals surface area (Å²) in [6.45, 7) is 6.10. The first kappa shape index (κ1) is 23.4. The summed E-state index contributed by atoms with van der Waals surface area (Å²) in [4.78, 5) is 35.4. The van der Waals surface area contributed by atoms with E-state index < -0.39 is 0 Å². The van der Waals surface area contributed by atoms with Crippen molar-refractivity contribution in [1.29, 1.82) is 0 Å². The lowest BCUT2D eigenvalue weighted by atomic mass is 10.1. The number of carbonyl (C=O) groups is 1. The van der Waals surface area contributed by atoms with Gasteiger partial charge in [-0.2, -0.15) is 4.98 Å². The van der Waals surface area contributed by atoms with Gasteiger partial charge in [0.05, 0.1) is 11.8 Å². The van der Waals surface area contributed by atoms with Gasteiger partial charge in [-0.05, 0) is 36.8 Å². The number of hydrogen-bond donors (Lipinski definition) is 1. The zero-order chi connectivity index (χ0) is 25.4. The highest BCUT2D eigenvalue weighted by molar-refractivity contribution is 6.06. The third-order valence-electron chi connectivity index (χ3n) is 5.99. The first-order valence-electron chi connectivity index (χ1n) is 11.6. The van der Waals surface area contributed by atoms with Crippen LogP contribution >= 0.6 is 0 Å². The van der Waals surface area contributed by atoms with Gasteiger partial charge < -0.3 is 14.4 Å². The van der Waals surface area contributed by atoms with Crippen molar-refractivity contribution in [3.8, 4) is 0 Å². The predicted molar refractivity (Wildman–Crippen MR) is 132 cm³/mol. The van der Waals surface area contributed by atoms with Gasteiger partial charge in [0.15, 0.2) is 5.82 Å². The molecule has 3 aromatic heterocycles. The van der Waals surface area contributed by atoms with Gasteiger partial charge in [0.1, 0.15) is 29.9 Å². The molecule has 0 aliphatic carbocycles. The smallest absolute Gasteiger partial charge is 0.278 e. The number of carbonyl (C=O) groups excluding carboxylic acids is 1. The molecule has 5 aromatic rings. The fourth-order valence-electron chi connectivity index (χ4n) is 4.11. The van der Waals surface area contributed by atoms with Crippen LogP contribution in [0.2, 0.25) is 0 Å². The molecular weight excluding hydrogens is 463 g/mol. The normalized spacial score (nSPS) is 11.6. The molecule has 2 aromatic carbocycles. The average Bonchev–Trinajstić information content (AvgIpc) is 3.44. The van der Waals surface area contributed by atoms with Crippen molar-refractivity contribution in [2.24, 2.45) is 0 Å². The van der Waals surface area contributed by atoms with Crippen molar-refractivity contribution in [3.05, 3.63) is 87.8 Å². The first-order chi connectivity index (χ1) is 17.3. The Bertz CT molecular complexity index is 1630. The third-order valence-corrected chi connectivity index (χ3v) is 5.99. The van der Waals surface area contributed by atoms with E-state index >= 15 is 0 Å². The molecule has 0 fully saturated rings. The van der Waals surface area contributed by atoms with Crippen LogP contribution in [0.3, 0.4) is 0 Å². The number of halogens is 1. The maximum absolute atomic E-state index is 13.6. The van der Waals surface area contributed by atoms with E-state index in [4.69, 9.17) is 4.52 Å². The summed E-state index contributed by atoms with van der Waals surface area (Å²) in [5.41, 5.74) is 3.04. The highest BCUT2D eigenvalue weighted by atomic mass is 19.1. The van der Waals surface area contributed by atoms with Gasteiger partial charge in [0.25, 0.3) is 5.56 Å².